The summed E-state index contributed by atoms with van der Waals surface area (Å²) in [5, 5.41) is 29.2. The van der Waals surface area contributed by atoms with E-state index in [0.29, 0.717) is 0 Å². The van der Waals surface area contributed by atoms with E-state index in [-0.39, 0.29) is 13.0 Å². The molecule has 0 amide bonds. The third-order valence-corrected chi connectivity index (χ3v) is 3.71. The lowest BCUT2D eigenvalue weighted by Gasteiger charge is -2.14. The highest BCUT2D eigenvalue weighted by molar-refractivity contribution is 7.19. The molecule has 0 radical (unpaired) electrons. The fourth-order valence-corrected chi connectivity index (χ4v) is 2.74. The van der Waals surface area contributed by atoms with Gasteiger partial charge in [0.05, 0.1) is 6.10 Å². The molecule has 1 aromatic heterocycles. The average Bonchev–Trinajstić information content (AvgIpc) is 2.71. The molecule has 0 aliphatic heterocycles. The van der Waals surface area contributed by atoms with E-state index in [9.17, 15) is 10.2 Å². The van der Waals surface area contributed by atoms with Gasteiger partial charge in [0.15, 0.2) is 0 Å². The molecule has 0 bridgehead atoms. The summed E-state index contributed by atoms with van der Waals surface area (Å²) >= 11 is 1.47. The summed E-state index contributed by atoms with van der Waals surface area (Å²) in [4.78, 5) is 0.738. The molecule has 0 aliphatic carbocycles. The molecule has 0 saturated heterocycles. The van der Waals surface area contributed by atoms with E-state index in [4.69, 9.17) is 5.11 Å². The molecule has 4 heteroatoms. The zero-order valence-corrected chi connectivity index (χ0v) is 9.52. The quantitative estimate of drug-likeness (QED) is 0.759. The Hall–Kier alpha value is -0.940. The maximum Gasteiger partial charge on any atom is 0.114 e. The molecule has 1 aromatic carbocycles. The van der Waals surface area contributed by atoms with Crippen molar-refractivity contribution in [3.05, 3.63) is 35.2 Å². The van der Waals surface area contributed by atoms with Crippen molar-refractivity contribution < 1.29 is 15.3 Å². The Bertz CT molecular complexity index is 433. The first-order valence-electron chi connectivity index (χ1n) is 5.18. The minimum absolute atomic E-state index is 0.122. The van der Waals surface area contributed by atoms with E-state index >= 15 is 0 Å². The molecular weight excluding hydrogens is 224 g/mol. The van der Waals surface area contributed by atoms with Crippen molar-refractivity contribution in [3.63, 3.8) is 0 Å². The van der Waals surface area contributed by atoms with Crippen molar-refractivity contribution in [1.82, 2.24) is 0 Å². The molecule has 2 rings (SSSR count). The summed E-state index contributed by atoms with van der Waals surface area (Å²) in [6.07, 6.45) is -1.63. The first-order chi connectivity index (χ1) is 7.72. The molecule has 3 nitrogen and oxygen atoms in total. The Morgan fingerprint density at radius 3 is 2.62 bits per heavy atom. The number of aliphatic hydroxyl groups excluding tert-OH is 3. The first kappa shape index (κ1) is 11.5. The number of benzene rings is 1. The Labute approximate surface area is 97.6 Å². The van der Waals surface area contributed by atoms with E-state index in [0.717, 1.165) is 15.0 Å². The third-order valence-electron chi connectivity index (χ3n) is 2.53. The van der Waals surface area contributed by atoms with Gasteiger partial charge in [0.1, 0.15) is 6.10 Å². The summed E-state index contributed by atoms with van der Waals surface area (Å²) in [5.41, 5.74) is 0. The molecule has 0 spiro atoms. The predicted octanol–water partition coefficient (Wildman–Crippen LogP) is 1.68. The smallest absolute Gasteiger partial charge is 0.114 e. The van der Waals surface area contributed by atoms with Crippen LogP contribution in [0.4, 0.5) is 0 Å². The van der Waals surface area contributed by atoms with Gasteiger partial charge < -0.3 is 15.3 Å². The van der Waals surface area contributed by atoms with Crippen LogP contribution in [0.15, 0.2) is 30.3 Å². The average molecular weight is 238 g/mol. The molecule has 2 atom stereocenters. The number of aliphatic hydroxyl groups is 3. The zero-order chi connectivity index (χ0) is 11.5. The van der Waals surface area contributed by atoms with E-state index in [1.807, 2.05) is 30.3 Å². The molecule has 0 aliphatic rings. The van der Waals surface area contributed by atoms with Crippen LogP contribution in [-0.4, -0.2) is 28.0 Å². The number of hydrogen-bond acceptors (Lipinski definition) is 4. The molecule has 2 unspecified atom stereocenters. The summed E-state index contributed by atoms with van der Waals surface area (Å²) in [6, 6.07) is 9.72. The second-order valence-corrected chi connectivity index (χ2v) is 4.83. The summed E-state index contributed by atoms with van der Waals surface area (Å²) in [7, 11) is 0. The van der Waals surface area contributed by atoms with Gasteiger partial charge in [0.25, 0.3) is 0 Å². The van der Waals surface area contributed by atoms with E-state index in [1.165, 1.54) is 11.3 Å². The van der Waals surface area contributed by atoms with Gasteiger partial charge in [-0.2, -0.15) is 0 Å². The van der Waals surface area contributed by atoms with Crippen molar-refractivity contribution >= 4 is 21.4 Å². The Morgan fingerprint density at radius 2 is 1.94 bits per heavy atom. The maximum absolute atomic E-state index is 9.87. The Balaban J connectivity index is 2.26. The molecular formula is C12H14O3S. The van der Waals surface area contributed by atoms with E-state index in [1.54, 1.807) is 0 Å². The molecule has 0 fully saturated rings. The lowest BCUT2D eigenvalue weighted by molar-refractivity contribution is 0.00622. The monoisotopic (exact) mass is 238 g/mol. The SMILES string of the molecule is OCCC(O)C(O)c1cc2ccccc2s1. The normalized spacial score (nSPS) is 15.2. The number of thiophene rings is 1. The molecule has 16 heavy (non-hydrogen) atoms. The van der Waals surface area contributed by atoms with Gasteiger partial charge in [-0.3, -0.25) is 0 Å². The molecule has 0 saturated carbocycles. The van der Waals surface area contributed by atoms with Crippen molar-refractivity contribution in [1.29, 1.82) is 0 Å². The number of fused-ring (bicyclic) bond motifs is 1. The van der Waals surface area contributed by atoms with Gasteiger partial charge in [-0.25, -0.2) is 0 Å². The molecule has 1 heterocycles. The van der Waals surface area contributed by atoms with Crippen LogP contribution in [0.25, 0.3) is 10.1 Å². The fourth-order valence-electron chi connectivity index (χ4n) is 1.63. The Morgan fingerprint density at radius 1 is 1.19 bits per heavy atom. The summed E-state index contributed by atoms with van der Waals surface area (Å²) < 4.78 is 1.09. The van der Waals surface area contributed by atoms with Gasteiger partial charge in [0, 0.05) is 16.2 Å². The van der Waals surface area contributed by atoms with Crippen LogP contribution in [-0.2, 0) is 0 Å². The highest BCUT2D eigenvalue weighted by Gasteiger charge is 2.19. The van der Waals surface area contributed by atoms with E-state index < -0.39 is 12.2 Å². The topological polar surface area (TPSA) is 60.7 Å². The largest absolute Gasteiger partial charge is 0.396 e. The number of rotatable bonds is 4. The van der Waals surface area contributed by atoms with Crippen molar-refractivity contribution in [2.24, 2.45) is 0 Å². The van der Waals surface area contributed by atoms with Crippen molar-refractivity contribution in [2.45, 2.75) is 18.6 Å². The molecule has 2 aromatic rings. The van der Waals surface area contributed by atoms with Crippen LogP contribution in [0.1, 0.15) is 17.4 Å². The van der Waals surface area contributed by atoms with Gasteiger partial charge in [-0.1, -0.05) is 18.2 Å². The zero-order valence-electron chi connectivity index (χ0n) is 8.71. The predicted molar refractivity (Wildman–Crippen MR) is 64.5 cm³/mol. The van der Waals surface area contributed by atoms with Crippen LogP contribution in [0.3, 0.4) is 0 Å². The van der Waals surface area contributed by atoms with Crippen LogP contribution in [0.2, 0.25) is 0 Å². The third kappa shape index (κ3) is 2.25. The highest BCUT2D eigenvalue weighted by Crippen LogP contribution is 2.31. The minimum atomic E-state index is -0.912. The molecule has 3 N–H and O–H groups in total. The van der Waals surface area contributed by atoms with Gasteiger partial charge in [-0.15, -0.1) is 11.3 Å². The van der Waals surface area contributed by atoms with Gasteiger partial charge in [0.2, 0.25) is 0 Å². The van der Waals surface area contributed by atoms with Crippen molar-refractivity contribution in [2.75, 3.05) is 6.61 Å². The van der Waals surface area contributed by atoms with Crippen LogP contribution >= 0.6 is 11.3 Å². The van der Waals surface area contributed by atoms with Gasteiger partial charge >= 0.3 is 0 Å². The fraction of sp³-hybridized carbons (Fsp3) is 0.333. The lowest BCUT2D eigenvalue weighted by Crippen LogP contribution is -2.18. The highest BCUT2D eigenvalue weighted by atomic mass is 32.1. The second-order valence-electron chi connectivity index (χ2n) is 3.71. The maximum atomic E-state index is 9.87. The Kier molecular flexibility index (Phi) is 3.56. The lowest BCUT2D eigenvalue weighted by atomic mass is 10.1. The van der Waals surface area contributed by atoms with Crippen LogP contribution < -0.4 is 0 Å². The van der Waals surface area contributed by atoms with Crippen molar-refractivity contribution in [3.8, 4) is 0 Å². The van der Waals surface area contributed by atoms with Gasteiger partial charge in [-0.05, 0) is 23.9 Å². The van der Waals surface area contributed by atoms with Crippen LogP contribution in [0.5, 0.6) is 0 Å². The van der Waals surface area contributed by atoms with Crippen LogP contribution in [0, 0.1) is 0 Å². The summed E-state index contributed by atoms with van der Waals surface area (Å²) in [6.45, 7) is -0.122. The summed E-state index contributed by atoms with van der Waals surface area (Å²) in [5.74, 6) is 0. The standard InChI is InChI=1S/C12H14O3S/c13-6-5-9(14)12(15)11-7-8-3-1-2-4-10(8)16-11/h1-4,7,9,12-15H,5-6H2. The minimum Gasteiger partial charge on any atom is -0.396 e. The molecule has 86 valence electrons. The first-order valence-corrected chi connectivity index (χ1v) is 5.99. The van der Waals surface area contributed by atoms with E-state index in [2.05, 4.69) is 0 Å². The number of hydrogen-bond donors (Lipinski definition) is 3. The second kappa shape index (κ2) is 4.93.